The molecule has 0 unspecified atom stereocenters. The van der Waals surface area contributed by atoms with Crippen molar-refractivity contribution in [1.82, 2.24) is 25.9 Å². The van der Waals surface area contributed by atoms with E-state index < -0.39 is 0 Å². The number of aromatic amines is 1. The number of tetrazole rings is 1. The first-order chi connectivity index (χ1) is 7.81. The lowest BCUT2D eigenvalue weighted by atomic mass is 10.2. The molecule has 1 aliphatic heterocycles. The zero-order valence-corrected chi connectivity index (χ0v) is 9.36. The smallest absolute Gasteiger partial charge is 0.222 e. The molecule has 84 valence electrons. The number of hydrogen-bond donors (Lipinski definition) is 2. The van der Waals surface area contributed by atoms with Crippen LogP contribution in [0.15, 0.2) is 22.2 Å². The van der Waals surface area contributed by atoms with Gasteiger partial charge in [0, 0.05) is 19.3 Å². The molecule has 0 aromatic carbocycles. The van der Waals surface area contributed by atoms with Crippen molar-refractivity contribution in [2.75, 3.05) is 13.1 Å². The van der Waals surface area contributed by atoms with Crippen LogP contribution in [0.4, 0.5) is 0 Å². The Hall–Kier alpha value is -1.82. The molecule has 0 saturated carbocycles. The van der Waals surface area contributed by atoms with Gasteiger partial charge in [0.15, 0.2) is 0 Å². The first-order valence-electron chi connectivity index (χ1n) is 5.15. The molecular weight excluding hydrogens is 204 g/mol. The highest BCUT2D eigenvalue weighted by molar-refractivity contribution is 5.85. The summed E-state index contributed by atoms with van der Waals surface area (Å²) < 4.78 is 0. The molecule has 0 amide bonds. The molecule has 0 aliphatic carbocycles. The van der Waals surface area contributed by atoms with Crippen LogP contribution in [0.2, 0.25) is 0 Å². The number of aliphatic imine (C=N–C) groups is 1. The number of nitrogens with zero attached hydrogens (tertiary/aromatic N) is 4. The normalized spacial score (nSPS) is 17.8. The van der Waals surface area contributed by atoms with Gasteiger partial charge in [-0.15, -0.1) is 10.2 Å². The van der Waals surface area contributed by atoms with Crippen molar-refractivity contribution in [2.45, 2.75) is 13.8 Å². The number of H-pyrrole nitrogens is 1. The molecule has 2 N–H and O–H groups in total. The summed E-state index contributed by atoms with van der Waals surface area (Å²) in [5, 5.41) is 17.0. The Balaban J connectivity index is 2.14. The largest absolute Gasteiger partial charge is 0.309 e. The van der Waals surface area contributed by atoms with Gasteiger partial charge >= 0.3 is 0 Å². The standard InChI is InChI=1S/C10H14N6/c1-3-9(10-13-15-16-14-10)12-6-8-5-11-4-7(8)2/h3,6,11H,4-5H2,1-2H3,(H,13,14,15,16). The fourth-order valence-electron chi connectivity index (χ4n) is 1.48. The lowest BCUT2D eigenvalue weighted by molar-refractivity contribution is 0.871. The van der Waals surface area contributed by atoms with Crippen molar-refractivity contribution in [3.8, 4) is 0 Å². The van der Waals surface area contributed by atoms with E-state index >= 15 is 0 Å². The molecule has 0 bridgehead atoms. The number of nitrogens with one attached hydrogen (secondary N) is 2. The Labute approximate surface area is 93.5 Å². The lowest BCUT2D eigenvalue weighted by Gasteiger charge is -1.95. The van der Waals surface area contributed by atoms with Gasteiger partial charge in [-0.3, -0.25) is 4.99 Å². The van der Waals surface area contributed by atoms with Gasteiger partial charge in [0.05, 0.1) is 0 Å². The van der Waals surface area contributed by atoms with Crippen LogP contribution >= 0.6 is 0 Å². The highest BCUT2D eigenvalue weighted by atomic mass is 15.5. The SMILES string of the molecule is CC=C(N=CC1=C(C)CNC1)c1nn[nH]n1. The number of hydrogen-bond acceptors (Lipinski definition) is 5. The number of allylic oxidation sites excluding steroid dienone is 1. The van der Waals surface area contributed by atoms with Gasteiger partial charge in [-0.25, -0.2) is 0 Å². The van der Waals surface area contributed by atoms with E-state index in [4.69, 9.17) is 0 Å². The third kappa shape index (κ3) is 2.22. The molecule has 0 saturated heterocycles. The van der Waals surface area contributed by atoms with Crippen molar-refractivity contribution in [3.05, 3.63) is 23.0 Å². The summed E-state index contributed by atoms with van der Waals surface area (Å²) in [6, 6.07) is 0. The topological polar surface area (TPSA) is 78.9 Å². The van der Waals surface area contributed by atoms with E-state index in [9.17, 15) is 0 Å². The maximum atomic E-state index is 4.37. The van der Waals surface area contributed by atoms with Gasteiger partial charge in [0.25, 0.3) is 0 Å². The number of aromatic nitrogens is 4. The van der Waals surface area contributed by atoms with E-state index in [2.05, 4.69) is 37.9 Å². The second-order valence-corrected chi connectivity index (χ2v) is 3.58. The van der Waals surface area contributed by atoms with Crippen LogP contribution in [-0.2, 0) is 0 Å². The fourth-order valence-corrected chi connectivity index (χ4v) is 1.48. The summed E-state index contributed by atoms with van der Waals surface area (Å²) in [5.41, 5.74) is 3.27. The zero-order valence-electron chi connectivity index (χ0n) is 9.36. The van der Waals surface area contributed by atoms with Crippen LogP contribution in [0, 0.1) is 0 Å². The maximum absolute atomic E-state index is 4.37. The minimum atomic E-state index is 0.517. The Morgan fingerprint density at radius 3 is 2.88 bits per heavy atom. The van der Waals surface area contributed by atoms with Gasteiger partial charge in [-0.05, 0) is 24.6 Å². The van der Waals surface area contributed by atoms with E-state index in [1.165, 1.54) is 11.1 Å². The fraction of sp³-hybridized carbons (Fsp3) is 0.400. The van der Waals surface area contributed by atoms with Crippen LogP contribution in [0.3, 0.4) is 0 Å². The van der Waals surface area contributed by atoms with Crippen molar-refractivity contribution in [3.63, 3.8) is 0 Å². The Morgan fingerprint density at radius 2 is 2.31 bits per heavy atom. The average molecular weight is 218 g/mol. The maximum Gasteiger partial charge on any atom is 0.222 e. The molecule has 2 rings (SSSR count). The van der Waals surface area contributed by atoms with Crippen molar-refractivity contribution < 1.29 is 0 Å². The summed E-state index contributed by atoms with van der Waals surface area (Å²) in [7, 11) is 0. The first kappa shape index (κ1) is 10.7. The summed E-state index contributed by atoms with van der Waals surface area (Å²) in [5.74, 6) is 0.517. The Bertz CT molecular complexity index is 440. The lowest BCUT2D eigenvalue weighted by Crippen LogP contribution is -2.08. The van der Waals surface area contributed by atoms with Gasteiger partial charge in [-0.1, -0.05) is 11.6 Å². The van der Waals surface area contributed by atoms with Gasteiger partial charge < -0.3 is 5.32 Å². The third-order valence-corrected chi connectivity index (χ3v) is 2.46. The molecule has 6 nitrogen and oxygen atoms in total. The quantitative estimate of drug-likeness (QED) is 0.726. The van der Waals surface area contributed by atoms with E-state index in [0.29, 0.717) is 5.82 Å². The highest BCUT2D eigenvalue weighted by Gasteiger charge is 2.08. The average Bonchev–Trinajstić information content (AvgIpc) is 2.92. The predicted molar refractivity (Wildman–Crippen MR) is 61.9 cm³/mol. The summed E-state index contributed by atoms with van der Waals surface area (Å²) in [4.78, 5) is 4.37. The van der Waals surface area contributed by atoms with Gasteiger partial charge in [-0.2, -0.15) is 5.21 Å². The van der Waals surface area contributed by atoms with Crippen LogP contribution in [0.1, 0.15) is 19.7 Å². The van der Waals surface area contributed by atoms with E-state index in [-0.39, 0.29) is 0 Å². The van der Waals surface area contributed by atoms with Crippen molar-refractivity contribution >= 4 is 11.9 Å². The molecule has 0 fully saturated rings. The minimum Gasteiger partial charge on any atom is -0.309 e. The van der Waals surface area contributed by atoms with Crippen molar-refractivity contribution in [2.24, 2.45) is 4.99 Å². The third-order valence-electron chi connectivity index (χ3n) is 2.46. The van der Waals surface area contributed by atoms with Gasteiger partial charge in [0.2, 0.25) is 5.82 Å². The van der Waals surface area contributed by atoms with Crippen LogP contribution in [0.5, 0.6) is 0 Å². The summed E-state index contributed by atoms with van der Waals surface area (Å²) >= 11 is 0. The molecule has 16 heavy (non-hydrogen) atoms. The number of rotatable bonds is 3. The molecule has 0 radical (unpaired) electrons. The van der Waals surface area contributed by atoms with Gasteiger partial charge in [0.1, 0.15) is 5.70 Å². The minimum absolute atomic E-state index is 0.517. The van der Waals surface area contributed by atoms with E-state index in [1.54, 1.807) is 0 Å². The van der Waals surface area contributed by atoms with E-state index in [1.807, 2.05) is 19.2 Å². The molecule has 1 aromatic heterocycles. The molecular formula is C10H14N6. The van der Waals surface area contributed by atoms with Crippen molar-refractivity contribution in [1.29, 1.82) is 0 Å². The summed E-state index contributed by atoms with van der Waals surface area (Å²) in [6.07, 6.45) is 3.72. The Kier molecular flexibility index (Phi) is 3.21. The monoisotopic (exact) mass is 218 g/mol. The first-order valence-corrected chi connectivity index (χ1v) is 5.15. The van der Waals surface area contributed by atoms with Crippen LogP contribution < -0.4 is 5.32 Å². The predicted octanol–water partition coefficient (Wildman–Crippen LogP) is 0.551. The second kappa shape index (κ2) is 4.80. The molecule has 0 spiro atoms. The molecule has 2 heterocycles. The highest BCUT2D eigenvalue weighted by Crippen LogP contribution is 2.11. The second-order valence-electron chi connectivity index (χ2n) is 3.58. The molecule has 1 aliphatic rings. The van der Waals surface area contributed by atoms with Crippen LogP contribution in [-0.4, -0.2) is 39.9 Å². The summed E-state index contributed by atoms with van der Waals surface area (Å²) in [6.45, 7) is 5.81. The molecule has 1 aromatic rings. The van der Waals surface area contributed by atoms with Crippen LogP contribution in [0.25, 0.3) is 5.70 Å². The Morgan fingerprint density at radius 1 is 1.44 bits per heavy atom. The molecule has 6 heteroatoms. The zero-order chi connectivity index (χ0) is 11.4. The molecule has 0 atom stereocenters. The van der Waals surface area contributed by atoms with E-state index in [0.717, 1.165) is 18.8 Å².